The number of aliphatic hydroxyl groups excluding tert-OH is 1. The minimum atomic E-state index is -1.09. The molecule has 1 aromatic heterocycles. The van der Waals surface area contributed by atoms with Gasteiger partial charge in [-0.15, -0.1) is 0 Å². The Morgan fingerprint density at radius 3 is 2.26 bits per heavy atom. The lowest BCUT2D eigenvalue weighted by Gasteiger charge is -2.41. The highest BCUT2D eigenvalue weighted by Crippen LogP contribution is 2.51. The zero-order chi connectivity index (χ0) is 28.1. The Morgan fingerprint density at radius 1 is 1.00 bits per heavy atom. The van der Waals surface area contributed by atoms with Crippen LogP contribution >= 0.6 is 0 Å². The number of carbonyl (C=O) groups excluding carboxylic acids is 2. The number of aromatic nitrogens is 1. The largest absolute Gasteiger partial charge is 0.510 e. The maximum atomic E-state index is 14.1. The highest BCUT2D eigenvalue weighted by molar-refractivity contribution is 6.14. The van der Waals surface area contributed by atoms with E-state index in [1.165, 1.54) is 6.92 Å². The van der Waals surface area contributed by atoms with Gasteiger partial charge in [0.15, 0.2) is 5.78 Å². The van der Waals surface area contributed by atoms with Gasteiger partial charge in [-0.05, 0) is 69.4 Å². The molecule has 4 aromatic rings. The van der Waals surface area contributed by atoms with Crippen molar-refractivity contribution < 1.29 is 14.7 Å². The fourth-order valence-corrected chi connectivity index (χ4v) is 6.03. The molecule has 2 atom stereocenters. The topological polar surface area (TPSA) is 82.2 Å². The van der Waals surface area contributed by atoms with Gasteiger partial charge in [0.25, 0.3) is 0 Å². The summed E-state index contributed by atoms with van der Waals surface area (Å²) in [5.74, 6) is -0.569. The number of nitrogens with one attached hydrogen (secondary N) is 2. The number of hydrogen-bond donors (Lipinski definition) is 3. The number of aromatic amines is 1. The number of benzene rings is 3. The van der Waals surface area contributed by atoms with Crippen molar-refractivity contribution in [3.8, 4) is 0 Å². The Bertz CT molecular complexity index is 1610. The van der Waals surface area contributed by atoms with Crippen molar-refractivity contribution in [2.24, 2.45) is 0 Å². The molecule has 0 aliphatic heterocycles. The van der Waals surface area contributed by atoms with E-state index in [1.54, 1.807) is 6.92 Å². The first-order chi connectivity index (χ1) is 18.4. The number of Topliss-reactive ketones (excluding diaryl/α,β-unsaturated/α-hetero) is 1. The predicted octanol–water partition coefficient (Wildman–Crippen LogP) is 6.73. The van der Waals surface area contributed by atoms with Crippen LogP contribution in [0.5, 0.6) is 0 Å². The van der Waals surface area contributed by atoms with Gasteiger partial charge in [-0.3, -0.25) is 9.59 Å². The van der Waals surface area contributed by atoms with Crippen molar-refractivity contribution in [3.05, 3.63) is 118 Å². The van der Waals surface area contributed by atoms with Crippen LogP contribution in [0.15, 0.2) is 84.1 Å². The third-order valence-electron chi connectivity index (χ3n) is 7.99. The molecule has 1 amide bonds. The van der Waals surface area contributed by atoms with Gasteiger partial charge in [0.05, 0.1) is 5.92 Å². The van der Waals surface area contributed by atoms with E-state index in [2.05, 4.69) is 28.5 Å². The number of ketones is 1. The van der Waals surface area contributed by atoms with Crippen LogP contribution in [0.4, 0.5) is 0 Å². The van der Waals surface area contributed by atoms with Gasteiger partial charge in [-0.1, -0.05) is 72.3 Å². The van der Waals surface area contributed by atoms with E-state index >= 15 is 0 Å². The molecule has 0 bridgehead atoms. The summed E-state index contributed by atoms with van der Waals surface area (Å²) in [6.07, 6.45) is 0.547. The summed E-state index contributed by atoms with van der Waals surface area (Å²) < 4.78 is 0. The quantitative estimate of drug-likeness (QED) is 0.253. The summed E-state index contributed by atoms with van der Waals surface area (Å²) in [6.45, 7) is 11.4. The van der Waals surface area contributed by atoms with Crippen molar-refractivity contribution in [1.82, 2.24) is 10.3 Å². The molecule has 5 heteroatoms. The highest BCUT2D eigenvalue weighted by atomic mass is 16.3. The van der Waals surface area contributed by atoms with Crippen molar-refractivity contribution in [2.45, 2.75) is 64.8 Å². The molecule has 2 unspecified atom stereocenters. The van der Waals surface area contributed by atoms with E-state index < -0.39 is 16.9 Å². The molecule has 1 aliphatic carbocycles. The molecule has 39 heavy (non-hydrogen) atoms. The van der Waals surface area contributed by atoms with Gasteiger partial charge in [0.2, 0.25) is 5.91 Å². The molecule has 5 rings (SSSR count). The Morgan fingerprint density at radius 2 is 1.64 bits per heavy atom. The first-order valence-electron chi connectivity index (χ1n) is 13.4. The van der Waals surface area contributed by atoms with Gasteiger partial charge in [0, 0.05) is 34.6 Å². The monoisotopic (exact) mass is 520 g/mol. The fraction of sp³-hybridized carbons (Fsp3) is 0.294. The van der Waals surface area contributed by atoms with Gasteiger partial charge in [-0.25, -0.2) is 0 Å². The molecule has 1 aliphatic rings. The number of amides is 1. The molecule has 200 valence electrons. The molecule has 1 heterocycles. The molecule has 5 nitrogen and oxygen atoms in total. The van der Waals surface area contributed by atoms with Crippen molar-refractivity contribution in [3.63, 3.8) is 0 Å². The number of H-pyrrole nitrogens is 1. The van der Waals surface area contributed by atoms with Crippen LogP contribution in [-0.2, 0) is 21.4 Å². The number of rotatable bonds is 7. The molecule has 0 spiro atoms. The maximum Gasteiger partial charge on any atom is 0.217 e. The molecule has 0 saturated carbocycles. The number of aliphatic hydroxyl groups is 1. The van der Waals surface area contributed by atoms with Crippen molar-refractivity contribution in [2.75, 3.05) is 0 Å². The van der Waals surface area contributed by atoms with Crippen LogP contribution < -0.4 is 5.32 Å². The van der Waals surface area contributed by atoms with Crippen molar-refractivity contribution in [1.29, 1.82) is 0 Å². The van der Waals surface area contributed by atoms with E-state index in [-0.39, 0.29) is 17.4 Å². The first kappa shape index (κ1) is 26.5. The second-order valence-corrected chi connectivity index (χ2v) is 11.7. The summed E-state index contributed by atoms with van der Waals surface area (Å²) >= 11 is 0. The zero-order valence-corrected chi connectivity index (χ0v) is 23.5. The van der Waals surface area contributed by atoms with E-state index in [4.69, 9.17) is 0 Å². The SMILES string of the molecule is CC(=O)NC(C)(C)Cc1c(C(C2=C(O)C(C)(c3ccc(C)cc3)C2=O)c2ccccc2)[nH]c2cc(C)ccc12. The highest BCUT2D eigenvalue weighted by Gasteiger charge is 2.55. The Kier molecular flexibility index (Phi) is 6.50. The van der Waals surface area contributed by atoms with E-state index in [9.17, 15) is 14.7 Å². The van der Waals surface area contributed by atoms with E-state index in [0.29, 0.717) is 12.0 Å². The molecule has 0 fully saturated rings. The summed E-state index contributed by atoms with van der Waals surface area (Å²) in [5, 5.41) is 15.8. The third-order valence-corrected chi connectivity index (χ3v) is 7.99. The fourth-order valence-electron chi connectivity index (χ4n) is 6.03. The number of fused-ring (bicyclic) bond motifs is 1. The Balaban J connectivity index is 1.74. The molecule has 3 N–H and O–H groups in total. The first-order valence-corrected chi connectivity index (χ1v) is 13.4. The van der Waals surface area contributed by atoms with Crippen LogP contribution in [0, 0.1) is 13.8 Å². The summed E-state index contributed by atoms with van der Waals surface area (Å²) in [7, 11) is 0. The van der Waals surface area contributed by atoms with Gasteiger partial charge >= 0.3 is 0 Å². The Labute approximate surface area is 230 Å². The standard InChI is InChI=1S/C34H36N2O3/c1-20-12-15-24(16-13-20)34(6)31(38)29(32(34)39)28(23-10-8-7-9-11-23)30-26(19-33(4,5)36-22(3)37)25-17-14-21(2)18-27(25)35-30/h7-18,28,35,38H,19H2,1-6H3,(H,36,37). The second-order valence-electron chi connectivity index (χ2n) is 11.7. The van der Waals surface area contributed by atoms with Crippen LogP contribution in [0.1, 0.15) is 67.1 Å². The minimum Gasteiger partial charge on any atom is -0.510 e. The molecular weight excluding hydrogens is 484 g/mol. The predicted molar refractivity (Wildman–Crippen MR) is 156 cm³/mol. The smallest absolute Gasteiger partial charge is 0.217 e. The zero-order valence-electron chi connectivity index (χ0n) is 23.5. The van der Waals surface area contributed by atoms with E-state index in [1.807, 2.05) is 82.3 Å². The molecule has 0 saturated heterocycles. The van der Waals surface area contributed by atoms with E-state index in [0.717, 1.165) is 44.4 Å². The normalized spacial score (nSPS) is 18.3. The lowest BCUT2D eigenvalue weighted by Crippen LogP contribution is -2.48. The number of hydrogen-bond acceptors (Lipinski definition) is 3. The lowest BCUT2D eigenvalue weighted by molar-refractivity contribution is -0.124. The summed E-state index contributed by atoms with van der Waals surface area (Å²) in [5.41, 5.74) is 5.56. The summed E-state index contributed by atoms with van der Waals surface area (Å²) in [6, 6.07) is 23.9. The van der Waals surface area contributed by atoms with Crippen LogP contribution in [0.2, 0.25) is 0 Å². The minimum absolute atomic E-state index is 0.0837. The second kappa shape index (κ2) is 9.57. The lowest BCUT2D eigenvalue weighted by atomic mass is 9.60. The Hall–Kier alpha value is -4.12. The number of allylic oxidation sites excluding steroid dienone is 2. The maximum absolute atomic E-state index is 14.1. The third kappa shape index (κ3) is 4.56. The number of carbonyl (C=O) groups is 2. The number of aryl methyl sites for hydroxylation is 2. The van der Waals surface area contributed by atoms with Crippen molar-refractivity contribution >= 4 is 22.6 Å². The van der Waals surface area contributed by atoms with Crippen LogP contribution in [0.3, 0.4) is 0 Å². The molecular formula is C34H36N2O3. The summed E-state index contributed by atoms with van der Waals surface area (Å²) in [4.78, 5) is 29.7. The van der Waals surface area contributed by atoms with Gasteiger partial charge in [-0.2, -0.15) is 0 Å². The van der Waals surface area contributed by atoms with Gasteiger partial charge < -0.3 is 15.4 Å². The molecule has 3 aromatic carbocycles. The average Bonchev–Trinajstić information content (AvgIpc) is 3.22. The van der Waals surface area contributed by atoms with Crippen LogP contribution in [-0.4, -0.2) is 27.3 Å². The molecule has 0 radical (unpaired) electrons. The van der Waals surface area contributed by atoms with Gasteiger partial charge in [0.1, 0.15) is 11.2 Å². The average molecular weight is 521 g/mol. The van der Waals surface area contributed by atoms with Crippen LogP contribution in [0.25, 0.3) is 10.9 Å².